The minimum Gasteiger partial charge on any atom is -0.497 e. The molecule has 2 rings (SSSR count). The molecule has 0 spiro atoms. The summed E-state index contributed by atoms with van der Waals surface area (Å²) in [6.07, 6.45) is 0. The molecule has 0 radical (unpaired) electrons. The van der Waals surface area contributed by atoms with Crippen LogP contribution in [-0.2, 0) is 0 Å². The quantitative estimate of drug-likeness (QED) is 0.500. The van der Waals surface area contributed by atoms with Gasteiger partial charge in [0.05, 0.1) is 22.8 Å². The van der Waals surface area contributed by atoms with Gasteiger partial charge in [-0.2, -0.15) is 10.4 Å². The van der Waals surface area contributed by atoms with Gasteiger partial charge in [0.15, 0.2) is 0 Å². The zero-order valence-electron chi connectivity index (χ0n) is 12.0. The summed E-state index contributed by atoms with van der Waals surface area (Å²) in [4.78, 5) is 12.3. The van der Waals surface area contributed by atoms with Gasteiger partial charge in [0.1, 0.15) is 11.8 Å². The fraction of sp³-hybridized carbons (Fsp3) is 0.0625. The van der Waals surface area contributed by atoms with E-state index in [4.69, 9.17) is 33.2 Å². The van der Waals surface area contributed by atoms with Crippen molar-refractivity contribution in [3.63, 3.8) is 0 Å². The molecule has 0 aromatic heterocycles. The minimum absolute atomic E-state index is 0.257. The van der Waals surface area contributed by atoms with Crippen LogP contribution in [0.15, 0.2) is 47.6 Å². The Bertz CT molecular complexity index is 796. The normalized spacial score (nSPS) is 10.8. The van der Waals surface area contributed by atoms with E-state index in [1.54, 1.807) is 48.5 Å². The average Bonchev–Trinajstić information content (AvgIpc) is 2.58. The van der Waals surface area contributed by atoms with Crippen molar-refractivity contribution in [3.8, 4) is 11.8 Å². The highest BCUT2D eigenvalue weighted by atomic mass is 35.5. The largest absolute Gasteiger partial charge is 0.497 e. The maximum Gasteiger partial charge on any atom is 0.223 e. The summed E-state index contributed by atoms with van der Waals surface area (Å²) >= 11 is 11.9. The Balaban J connectivity index is 2.22. The van der Waals surface area contributed by atoms with Gasteiger partial charge in [0.2, 0.25) is 11.5 Å². The highest BCUT2D eigenvalue weighted by molar-refractivity contribution is 6.51. The Kier molecular flexibility index (Phi) is 5.58. The van der Waals surface area contributed by atoms with E-state index in [1.165, 1.54) is 7.11 Å². The second kappa shape index (κ2) is 7.63. The summed E-state index contributed by atoms with van der Waals surface area (Å²) in [6, 6.07) is 13.0. The predicted molar refractivity (Wildman–Crippen MR) is 90.5 cm³/mol. The van der Waals surface area contributed by atoms with Gasteiger partial charge >= 0.3 is 0 Å². The standard InChI is InChI=1S/C16H11Cl2N3O2/c1-23-11-7-5-10(6-8-11)16(22)14(9-19)21-20-13-4-2-3-12(17)15(13)18/h2-8,20H,1H3/b21-14-. The van der Waals surface area contributed by atoms with Crippen molar-refractivity contribution < 1.29 is 9.53 Å². The predicted octanol–water partition coefficient (Wildman–Crippen LogP) is 4.18. The van der Waals surface area contributed by atoms with Crippen LogP contribution in [0.5, 0.6) is 5.75 Å². The van der Waals surface area contributed by atoms with Crippen LogP contribution in [0.1, 0.15) is 10.4 Å². The molecule has 0 unspecified atom stereocenters. The second-order valence-electron chi connectivity index (χ2n) is 4.34. The molecule has 0 heterocycles. The van der Waals surface area contributed by atoms with Crippen LogP contribution < -0.4 is 10.2 Å². The lowest BCUT2D eigenvalue weighted by atomic mass is 10.1. The van der Waals surface area contributed by atoms with Gasteiger partial charge in [-0.15, -0.1) is 0 Å². The first-order valence-electron chi connectivity index (χ1n) is 6.43. The molecule has 0 aliphatic rings. The maximum atomic E-state index is 12.3. The van der Waals surface area contributed by atoms with Gasteiger partial charge in [-0.25, -0.2) is 0 Å². The number of hydrazone groups is 1. The van der Waals surface area contributed by atoms with Crippen LogP contribution in [0.25, 0.3) is 0 Å². The molecule has 1 N–H and O–H groups in total. The fourth-order valence-electron chi connectivity index (χ4n) is 1.71. The number of hydrogen-bond donors (Lipinski definition) is 1. The lowest BCUT2D eigenvalue weighted by Gasteiger charge is -2.05. The molecule has 5 nitrogen and oxygen atoms in total. The van der Waals surface area contributed by atoms with Crippen molar-refractivity contribution in [2.45, 2.75) is 0 Å². The Morgan fingerprint density at radius 2 is 1.91 bits per heavy atom. The number of carbonyl (C=O) groups excluding carboxylic acids is 1. The lowest BCUT2D eigenvalue weighted by Crippen LogP contribution is -2.14. The van der Waals surface area contributed by atoms with Crippen molar-refractivity contribution in [1.82, 2.24) is 0 Å². The number of Topliss-reactive ketones (excluding diaryl/α,β-unsaturated/α-hetero) is 1. The third kappa shape index (κ3) is 4.01. The van der Waals surface area contributed by atoms with E-state index in [1.807, 2.05) is 0 Å². The molecule has 0 atom stereocenters. The number of rotatable bonds is 5. The molecule has 7 heteroatoms. The first-order chi connectivity index (χ1) is 11.1. The second-order valence-corrected chi connectivity index (χ2v) is 5.13. The topological polar surface area (TPSA) is 74.5 Å². The van der Waals surface area contributed by atoms with E-state index in [2.05, 4.69) is 10.5 Å². The summed E-state index contributed by atoms with van der Waals surface area (Å²) in [5.41, 5.74) is 3.00. The summed E-state index contributed by atoms with van der Waals surface area (Å²) in [5, 5.41) is 13.5. The van der Waals surface area contributed by atoms with Gasteiger partial charge in [0, 0.05) is 5.56 Å². The highest BCUT2D eigenvalue weighted by Gasteiger charge is 2.14. The van der Waals surface area contributed by atoms with Crippen LogP contribution in [-0.4, -0.2) is 18.6 Å². The zero-order valence-corrected chi connectivity index (χ0v) is 13.5. The molecule has 0 aliphatic heterocycles. The van der Waals surface area contributed by atoms with Crippen LogP contribution in [0.2, 0.25) is 10.0 Å². The van der Waals surface area contributed by atoms with Crippen LogP contribution in [0.4, 0.5) is 5.69 Å². The maximum absolute atomic E-state index is 12.3. The number of nitrogens with one attached hydrogen (secondary N) is 1. The van der Waals surface area contributed by atoms with E-state index in [-0.39, 0.29) is 10.7 Å². The number of carbonyl (C=O) groups is 1. The smallest absolute Gasteiger partial charge is 0.223 e. The van der Waals surface area contributed by atoms with E-state index in [0.29, 0.717) is 22.0 Å². The molecular formula is C16H11Cl2N3O2. The molecule has 0 saturated heterocycles. The third-order valence-electron chi connectivity index (χ3n) is 2.91. The van der Waals surface area contributed by atoms with Crippen LogP contribution in [0.3, 0.4) is 0 Å². The minimum atomic E-state index is -0.513. The number of hydrogen-bond acceptors (Lipinski definition) is 5. The monoisotopic (exact) mass is 347 g/mol. The fourth-order valence-corrected chi connectivity index (χ4v) is 2.05. The van der Waals surface area contributed by atoms with E-state index >= 15 is 0 Å². The summed E-state index contributed by atoms with van der Waals surface area (Å²) < 4.78 is 5.02. The van der Waals surface area contributed by atoms with E-state index < -0.39 is 5.78 Å². The van der Waals surface area contributed by atoms with Crippen molar-refractivity contribution in [3.05, 3.63) is 58.1 Å². The van der Waals surface area contributed by atoms with Crippen molar-refractivity contribution >= 4 is 40.4 Å². The number of benzene rings is 2. The Morgan fingerprint density at radius 3 is 2.52 bits per heavy atom. The molecular weight excluding hydrogens is 337 g/mol. The number of ketones is 1. The highest BCUT2D eigenvalue weighted by Crippen LogP contribution is 2.29. The molecule has 116 valence electrons. The Labute approximate surface area is 143 Å². The Morgan fingerprint density at radius 1 is 1.22 bits per heavy atom. The summed E-state index contributed by atoms with van der Waals surface area (Å²) in [5.74, 6) is 0.0987. The first kappa shape index (κ1) is 16.8. The van der Waals surface area contributed by atoms with Gasteiger partial charge in [-0.3, -0.25) is 10.2 Å². The number of methoxy groups -OCH3 is 1. The number of nitriles is 1. The van der Waals surface area contributed by atoms with Crippen molar-refractivity contribution in [2.24, 2.45) is 5.10 Å². The Hall–Kier alpha value is -2.55. The van der Waals surface area contributed by atoms with Gasteiger partial charge in [0.25, 0.3) is 0 Å². The van der Waals surface area contributed by atoms with E-state index in [0.717, 1.165) is 0 Å². The molecule has 2 aromatic carbocycles. The van der Waals surface area contributed by atoms with Gasteiger partial charge in [-0.05, 0) is 36.4 Å². The first-order valence-corrected chi connectivity index (χ1v) is 7.19. The van der Waals surface area contributed by atoms with Gasteiger partial charge in [-0.1, -0.05) is 29.3 Å². The molecule has 2 aromatic rings. The summed E-state index contributed by atoms with van der Waals surface area (Å²) in [7, 11) is 1.53. The van der Waals surface area contributed by atoms with Crippen molar-refractivity contribution in [2.75, 3.05) is 12.5 Å². The zero-order chi connectivity index (χ0) is 16.8. The number of anilines is 1. The molecule has 0 fully saturated rings. The third-order valence-corrected chi connectivity index (χ3v) is 3.73. The number of ether oxygens (including phenoxy) is 1. The van der Waals surface area contributed by atoms with E-state index in [9.17, 15) is 4.79 Å². The molecule has 0 saturated carbocycles. The SMILES string of the molecule is COc1ccc(C(=O)/C(C#N)=N\Nc2cccc(Cl)c2Cl)cc1. The number of halogens is 2. The van der Waals surface area contributed by atoms with Crippen LogP contribution >= 0.6 is 23.2 Å². The molecule has 0 aliphatic carbocycles. The lowest BCUT2D eigenvalue weighted by molar-refractivity contribution is 0.106. The summed E-state index contributed by atoms with van der Waals surface area (Å²) in [6.45, 7) is 0. The average molecular weight is 348 g/mol. The van der Waals surface area contributed by atoms with Crippen molar-refractivity contribution in [1.29, 1.82) is 5.26 Å². The number of nitrogens with zero attached hydrogens (tertiary/aromatic N) is 2. The molecule has 0 bridgehead atoms. The molecule has 0 amide bonds. The molecule has 23 heavy (non-hydrogen) atoms. The van der Waals surface area contributed by atoms with Gasteiger partial charge < -0.3 is 4.74 Å². The van der Waals surface area contributed by atoms with Crippen LogP contribution in [0, 0.1) is 11.3 Å².